The van der Waals surface area contributed by atoms with Crippen LogP contribution in [0.25, 0.3) is 5.70 Å². The molecular weight excluding hydrogens is 388 g/mol. The van der Waals surface area contributed by atoms with E-state index in [-0.39, 0.29) is 20.1 Å². The molecule has 0 atom stereocenters. The number of hydrogen-bond donors (Lipinski definition) is 0. The molecule has 0 aromatic heterocycles. The monoisotopic (exact) mass is 402 g/mol. The van der Waals surface area contributed by atoms with E-state index in [4.69, 9.17) is 0 Å². The normalized spacial score (nSPS) is 17.2. The van der Waals surface area contributed by atoms with Gasteiger partial charge in [0.05, 0.1) is 0 Å². The first-order chi connectivity index (χ1) is 7.86. The smallest absolute Gasteiger partial charge is 0.0374 e. The zero-order valence-corrected chi connectivity index (χ0v) is 11.9. The molecule has 1 aromatic rings. The first-order valence-electron chi connectivity index (χ1n) is 5.37. The van der Waals surface area contributed by atoms with Gasteiger partial charge in [-0.15, -0.1) is 0 Å². The molecule has 0 N–H and O–H groups in total. The topological polar surface area (TPSA) is 6.48 Å². The molecule has 2 heterocycles. The Labute approximate surface area is 115 Å². The maximum Gasteiger partial charge on any atom is 0.0374 e. The van der Waals surface area contributed by atoms with E-state index in [2.05, 4.69) is 66.1 Å². The number of allylic oxidation sites excluding steroid dienone is 3. The summed E-state index contributed by atoms with van der Waals surface area (Å²) in [4.78, 5) is 4.30. The van der Waals surface area contributed by atoms with Crippen LogP contribution in [0.4, 0.5) is 0 Å². The number of benzene rings is 1. The Hall–Kier alpha value is -1.31. The summed E-state index contributed by atoms with van der Waals surface area (Å²) in [7, 11) is 2.08. The van der Waals surface area contributed by atoms with E-state index >= 15 is 0 Å². The summed E-state index contributed by atoms with van der Waals surface area (Å²) in [5, 5.41) is 0. The SMILES string of the molecule is CN1[CH-]N2C=CC=CC2=C1c1ccccc1.[Ir]. The van der Waals surface area contributed by atoms with E-state index in [1.165, 1.54) is 17.0 Å². The predicted octanol–water partition coefficient (Wildman–Crippen LogP) is 2.80. The minimum absolute atomic E-state index is 0. The second-order valence-corrected chi connectivity index (χ2v) is 3.93. The van der Waals surface area contributed by atoms with Gasteiger partial charge in [-0.05, 0) is 31.0 Å². The van der Waals surface area contributed by atoms with Crippen LogP contribution in [0.5, 0.6) is 0 Å². The molecule has 0 spiro atoms. The average molecular weight is 401 g/mol. The summed E-state index contributed by atoms with van der Waals surface area (Å²) in [6, 6.07) is 10.5. The number of fused-ring (bicyclic) bond motifs is 1. The van der Waals surface area contributed by atoms with E-state index in [0.717, 1.165) is 0 Å². The van der Waals surface area contributed by atoms with Gasteiger partial charge in [0.2, 0.25) is 0 Å². The summed E-state index contributed by atoms with van der Waals surface area (Å²) in [6.45, 7) is 2.09. The number of hydrogen-bond acceptors (Lipinski definition) is 2. The quantitative estimate of drug-likeness (QED) is 0.668. The van der Waals surface area contributed by atoms with Gasteiger partial charge in [0, 0.05) is 31.5 Å². The Morgan fingerprint density at radius 2 is 1.82 bits per heavy atom. The fourth-order valence-corrected chi connectivity index (χ4v) is 2.13. The minimum atomic E-state index is 0. The van der Waals surface area contributed by atoms with Gasteiger partial charge in [0.1, 0.15) is 0 Å². The molecule has 0 amide bonds. The van der Waals surface area contributed by atoms with Crippen LogP contribution in [0.2, 0.25) is 0 Å². The Balaban J connectivity index is 0.00000108. The van der Waals surface area contributed by atoms with Crippen molar-refractivity contribution in [3.8, 4) is 0 Å². The standard InChI is InChI=1S/C14H13N2.Ir/c1-15-11-16-10-6-5-9-13(16)14(15)12-7-3-2-4-8-12;/h2-11H,1H3;/q-1;. The number of rotatable bonds is 1. The Morgan fingerprint density at radius 1 is 1.06 bits per heavy atom. The predicted molar refractivity (Wildman–Crippen MR) is 65.5 cm³/mol. The molecule has 2 nitrogen and oxygen atoms in total. The first-order valence-corrected chi connectivity index (χ1v) is 5.37. The molecule has 1 radical (unpaired) electrons. The van der Waals surface area contributed by atoms with Gasteiger partial charge in [0.15, 0.2) is 0 Å². The summed E-state index contributed by atoms with van der Waals surface area (Å²) >= 11 is 0. The van der Waals surface area contributed by atoms with Crippen molar-refractivity contribution in [3.63, 3.8) is 0 Å². The van der Waals surface area contributed by atoms with E-state index in [0.29, 0.717) is 0 Å². The molecule has 2 aliphatic rings. The molecule has 17 heavy (non-hydrogen) atoms. The third-order valence-corrected chi connectivity index (χ3v) is 2.83. The van der Waals surface area contributed by atoms with Gasteiger partial charge in [-0.1, -0.05) is 36.4 Å². The molecule has 0 fully saturated rings. The Morgan fingerprint density at radius 3 is 2.59 bits per heavy atom. The Bertz CT molecular complexity index is 488. The number of nitrogens with zero attached hydrogens (tertiary/aromatic N) is 2. The van der Waals surface area contributed by atoms with Crippen LogP contribution in [0.15, 0.2) is 60.5 Å². The van der Waals surface area contributed by atoms with Crippen molar-refractivity contribution in [2.45, 2.75) is 0 Å². The van der Waals surface area contributed by atoms with E-state index in [1.54, 1.807) is 0 Å². The third-order valence-electron chi connectivity index (χ3n) is 2.83. The zero-order valence-electron chi connectivity index (χ0n) is 9.50. The van der Waals surface area contributed by atoms with Crippen LogP contribution in [-0.2, 0) is 20.1 Å². The van der Waals surface area contributed by atoms with Crippen LogP contribution >= 0.6 is 0 Å². The van der Waals surface area contributed by atoms with Crippen molar-refractivity contribution in [2.75, 3.05) is 7.05 Å². The molecule has 0 unspecified atom stereocenters. The van der Waals surface area contributed by atoms with Crippen molar-refractivity contribution < 1.29 is 20.1 Å². The van der Waals surface area contributed by atoms with Gasteiger partial charge < -0.3 is 9.80 Å². The second-order valence-electron chi connectivity index (χ2n) is 3.93. The molecule has 89 valence electrons. The van der Waals surface area contributed by atoms with Crippen LogP contribution in [0.1, 0.15) is 5.56 Å². The minimum Gasteiger partial charge on any atom is -0.503 e. The van der Waals surface area contributed by atoms with Gasteiger partial charge in [0.25, 0.3) is 0 Å². The largest absolute Gasteiger partial charge is 0.503 e. The van der Waals surface area contributed by atoms with Crippen LogP contribution in [0, 0.1) is 6.67 Å². The molecule has 3 rings (SSSR count). The molecular formula is C14H13IrN2-. The van der Waals surface area contributed by atoms with Crippen molar-refractivity contribution in [2.24, 2.45) is 0 Å². The van der Waals surface area contributed by atoms with Crippen LogP contribution in [0.3, 0.4) is 0 Å². The summed E-state index contributed by atoms with van der Waals surface area (Å²) in [6.07, 6.45) is 8.33. The third kappa shape index (κ3) is 2.08. The first kappa shape index (κ1) is 12.2. The van der Waals surface area contributed by atoms with Crippen LogP contribution in [-0.4, -0.2) is 16.8 Å². The molecule has 0 bridgehead atoms. The second kappa shape index (κ2) is 4.91. The molecule has 0 saturated heterocycles. The van der Waals surface area contributed by atoms with E-state index in [9.17, 15) is 0 Å². The van der Waals surface area contributed by atoms with E-state index in [1.807, 2.05) is 12.1 Å². The van der Waals surface area contributed by atoms with Crippen LogP contribution < -0.4 is 0 Å². The van der Waals surface area contributed by atoms with Crippen molar-refractivity contribution in [1.29, 1.82) is 0 Å². The Kier molecular flexibility index (Phi) is 3.51. The maximum absolute atomic E-state index is 2.16. The fraction of sp³-hybridized carbons (Fsp3) is 0.0714. The van der Waals surface area contributed by atoms with E-state index < -0.39 is 0 Å². The van der Waals surface area contributed by atoms with Crippen molar-refractivity contribution in [1.82, 2.24) is 9.80 Å². The molecule has 2 aliphatic heterocycles. The summed E-state index contributed by atoms with van der Waals surface area (Å²) in [5.74, 6) is 0. The molecule has 0 saturated carbocycles. The molecule has 0 aliphatic carbocycles. The average Bonchev–Trinajstić information content (AvgIpc) is 2.66. The maximum atomic E-state index is 2.16. The molecule has 1 aromatic carbocycles. The van der Waals surface area contributed by atoms with Gasteiger partial charge >= 0.3 is 0 Å². The van der Waals surface area contributed by atoms with Gasteiger partial charge in [-0.2, -0.15) is 6.67 Å². The summed E-state index contributed by atoms with van der Waals surface area (Å²) < 4.78 is 0. The fourth-order valence-electron chi connectivity index (χ4n) is 2.13. The van der Waals surface area contributed by atoms with Gasteiger partial charge in [-0.3, -0.25) is 0 Å². The van der Waals surface area contributed by atoms with Crippen molar-refractivity contribution >= 4 is 5.70 Å². The summed E-state index contributed by atoms with van der Waals surface area (Å²) in [5.41, 5.74) is 3.73. The van der Waals surface area contributed by atoms with Gasteiger partial charge in [-0.25, -0.2) is 0 Å². The molecule has 3 heteroatoms. The van der Waals surface area contributed by atoms with Crippen molar-refractivity contribution in [3.05, 3.63) is 72.7 Å². The zero-order chi connectivity index (χ0) is 11.0.